The van der Waals surface area contributed by atoms with Crippen molar-refractivity contribution in [3.63, 3.8) is 0 Å². The molecule has 0 saturated carbocycles. The van der Waals surface area contributed by atoms with Crippen LogP contribution >= 0.6 is 0 Å². The van der Waals surface area contributed by atoms with Crippen LogP contribution in [0, 0.1) is 11.3 Å². The maximum Gasteiger partial charge on any atom is 0.414 e. The number of likely N-dealkylation sites (tertiary alicyclic amines) is 1. The van der Waals surface area contributed by atoms with Crippen LogP contribution in [0.1, 0.15) is 32.6 Å². The SMILES string of the molecule is CCCCN1CCN(CCNCC(=O)N2CCC[C@H]2C#N)C1=O.O=C(O)C(=O)O. The summed E-state index contributed by atoms with van der Waals surface area (Å²) >= 11 is 0. The maximum absolute atomic E-state index is 12.1. The lowest BCUT2D eigenvalue weighted by atomic mass is 10.2. The monoisotopic (exact) mass is 411 g/mol. The lowest BCUT2D eigenvalue weighted by Crippen LogP contribution is -2.43. The third-order valence-electron chi connectivity index (χ3n) is 4.70. The smallest absolute Gasteiger partial charge is 0.414 e. The zero-order chi connectivity index (χ0) is 21.8. The summed E-state index contributed by atoms with van der Waals surface area (Å²) in [6, 6.07) is 2.02. The molecule has 3 N–H and O–H groups in total. The molecule has 0 spiro atoms. The molecule has 0 aromatic heterocycles. The Hall–Kier alpha value is -2.87. The number of hydrogen-bond donors (Lipinski definition) is 3. The predicted octanol–water partition coefficient (Wildman–Crippen LogP) is -0.216. The molecule has 0 aromatic carbocycles. The van der Waals surface area contributed by atoms with Crippen LogP contribution in [0.5, 0.6) is 0 Å². The van der Waals surface area contributed by atoms with Gasteiger partial charge in [-0.3, -0.25) is 4.79 Å². The highest BCUT2D eigenvalue weighted by atomic mass is 16.4. The molecule has 11 nitrogen and oxygen atoms in total. The van der Waals surface area contributed by atoms with Crippen LogP contribution in [0.3, 0.4) is 0 Å². The number of carboxylic acid groups (broad SMARTS) is 2. The van der Waals surface area contributed by atoms with E-state index in [1.54, 1.807) is 4.90 Å². The summed E-state index contributed by atoms with van der Waals surface area (Å²) in [5, 5.41) is 26.9. The summed E-state index contributed by atoms with van der Waals surface area (Å²) in [7, 11) is 0. The molecule has 2 aliphatic rings. The molecule has 2 saturated heterocycles. The maximum atomic E-state index is 12.1. The molecule has 0 bridgehead atoms. The van der Waals surface area contributed by atoms with Crippen molar-refractivity contribution in [3.8, 4) is 6.07 Å². The van der Waals surface area contributed by atoms with Crippen LogP contribution in [-0.4, -0.2) is 101 Å². The highest BCUT2D eigenvalue weighted by Crippen LogP contribution is 2.16. The largest absolute Gasteiger partial charge is 0.473 e. The number of rotatable bonds is 8. The molecule has 2 fully saturated rings. The van der Waals surface area contributed by atoms with Gasteiger partial charge in [0.15, 0.2) is 0 Å². The van der Waals surface area contributed by atoms with E-state index in [-0.39, 0.29) is 24.5 Å². The highest BCUT2D eigenvalue weighted by Gasteiger charge is 2.29. The molecule has 3 amide bonds. The van der Waals surface area contributed by atoms with Crippen LogP contribution < -0.4 is 5.32 Å². The zero-order valence-corrected chi connectivity index (χ0v) is 16.7. The van der Waals surface area contributed by atoms with Crippen LogP contribution in [0.2, 0.25) is 0 Å². The Balaban J connectivity index is 0.000000612. The van der Waals surface area contributed by atoms with E-state index >= 15 is 0 Å². The molecule has 2 aliphatic heterocycles. The molecule has 162 valence electrons. The van der Waals surface area contributed by atoms with E-state index in [1.807, 2.05) is 9.80 Å². The number of nitrogens with zero attached hydrogens (tertiary/aromatic N) is 4. The summed E-state index contributed by atoms with van der Waals surface area (Å²) in [5.41, 5.74) is 0. The number of nitrogens with one attached hydrogen (secondary N) is 1. The normalized spacial score (nSPS) is 18.3. The Kier molecular flexibility index (Phi) is 10.5. The number of nitriles is 1. The number of carbonyl (C=O) groups is 4. The van der Waals surface area contributed by atoms with Crippen molar-refractivity contribution in [1.29, 1.82) is 5.26 Å². The van der Waals surface area contributed by atoms with Gasteiger partial charge in [0, 0.05) is 39.3 Å². The van der Waals surface area contributed by atoms with Gasteiger partial charge >= 0.3 is 18.0 Å². The first kappa shape index (κ1) is 24.2. The Bertz CT molecular complexity index is 623. The van der Waals surface area contributed by atoms with E-state index in [9.17, 15) is 9.59 Å². The second-order valence-corrected chi connectivity index (χ2v) is 6.77. The number of aliphatic carboxylic acids is 2. The van der Waals surface area contributed by atoms with Crippen LogP contribution in [0.25, 0.3) is 0 Å². The molecule has 2 rings (SSSR count). The molecule has 1 atom stereocenters. The van der Waals surface area contributed by atoms with E-state index in [2.05, 4.69) is 18.3 Å². The van der Waals surface area contributed by atoms with Gasteiger partial charge in [-0.25, -0.2) is 14.4 Å². The molecule has 0 unspecified atom stereocenters. The number of hydrogen-bond acceptors (Lipinski definition) is 6. The molecule has 2 heterocycles. The first-order chi connectivity index (χ1) is 13.8. The first-order valence-electron chi connectivity index (χ1n) is 9.71. The standard InChI is InChI=1S/C16H27N5O2.C2H2O4/c1-2-3-7-19-10-11-20(16(19)23)9-6-18-13-15(22)21-8-4-5-14(21)12-17;3-1(4)2(5)6/h14,18H,2-11,13H2,1H3;(H,3,4)(H,5,6)/t14-;/m0./s1. The summed E-state index contributed by atoms with van der Waals surface area (Å²) in [5.74, 6) is -3.67. The van der Waals surface area contributed by atoms with Gasteiger partial charge in [0.2, 0.25) is 5.91 Å². The summed E-state index contributed by atoms with van der Waals surface area (Å²) < 4.78 is 0. The Morgan fingerprint density at radius 1 is 1.14 bits per heavy atom. The fourth-order valence-corrected chi connectivity index (χ4v) is 3.11. The first-order valence-corrected chi connectivity index (χ1v) is 9.71. The van der Waals surface area contributed by atoms with Crippen molar-refractivity contribution in [3.05, 3.63) is 0 Å². The van der Waals surface area contributed by atoms with Gasteiger partial charge in [-0.15, -0.1) is 0 Å². The van der Waals surface area contributed by atoms with Gasteiger partial charge in [-0.2, -0.15) is 5.26 Å². The third-order valence-corrected chi connectivity index (χ3v) is 4.70. The summed E-state index contributed by atoms with van der Waals surface area (Å²) in [6.07, 6.45) is 3.81. The van der Waals surface area contributed by atoms with Crippen molar-refractivity contribution < 1.29 is 29.4 Å². The third kappa shape index (κ3) is 7.95. The lowest BCUT2D eigenvalue weighted by molar-refractivity contribution is -0.159. The average Bonchev–Trinajstić information content (AvgIpc) is 3.30. The molecule has 0 radical (unpaired) electrons. The molecule has 0 aromatic rings. The van der Waals surface area contributed by atoms with Crippen molar-refractivity contribution in [1.82, 2.24) is 20.0 Å². The minimum absolute atomic E-state index is 0.0219. The molecule has 29 heavy (non-hydrogen) atoms. The van der Waals surface area contributed by atoms with Crippen molar-refractivity contribution in [2.24, 2.45) is 0 Å². The van der Waals surface area contributed by atoms with Gasteiger partial charge < -0.3 is 30.2 Å². The number of amides is 3. The number of urea groups is 1. The van der Waals surface area contributed by atoms with Gasteiger partial charge in [0.1, 0.15) is 6.04 Å². The fourth-order valence-electron chi connectivity index (χ4n) is 3.11. The Morgan fingerprint density at radius 3 is 2.31 bits per heavy atom. The van der Waals surface area contributed by atoms with Gasteiger partial charge in [0.05, 0.1) is 12.6 Å². The quantitative estimate of drug-likeness (QED) is 0.366. The highest BCUT2D eigenvalue weighted by molar-refractivity contribution is 6.27. The summed E-state index contributed by atoms with van der Waals surface area (Å²) in [6.45, 7) is 6.66. The fraction of sp³-hybridized carbons (Fsp3) is 0.722. The zero-order valence-electron chi connectivity index (χ0n) is 16.7. The van der Waals surface area contributed by atoms with Crippen LogP contribution in [-0.2, 0) is 14.4 Å². The molecular weight excluding hydrogens is 382 g/mol. The molecule has 11 heteroatoms. The van der Waals surface area contributed by atoms with Crippen molar-refractivity contribution in [2.75, 3.05) is 45.8 Å². The van der Waals surface area contributed by atoms with Crippen molar-refractivity contribution in [2.45, 2.75) is 38.6 Å². The predicted molar refractivity (Wildman–Crippen MR) is 102 cm³/mol. The Morgan fingerprint density at radius 2 is 1.76 bits per heavy atom. The number of carbonyl (C=O) groups excluding carboxylic acids is 2. The van der Waals surface area contributed by atoms with E-state index in [4.69, 9.17) is 25.1 Å². The van der Waals surface area contributed by atoms with Gasteiger partial charge in [0.25, 0.3) is 0 Å². The van der Waals surface area contributed by atoms with E-state index in [0.29, 0.717) is 19.6 Å². The van der Waals surface area contributed by atoms with Gasteiger partial charge in [-0.1, -0.05) is 13.3 Å². The minimum Gasteiger partial charge on any atom is -0.473 e. The van der Waals surface area contributed by atoms with Crippen LogP contribution in [0.15, 0.2) is 0 Å². The second-order valence-electron chi connectivity index (χ2n) is 6.77. The van der Waals surface area contributed by atoms with Gasteiger partial charge in [-0.05, 0) is 19.3 Å². The van der Waals surface area contributed by atoms with E-state index in [0.717, 1.165) is 45.3 Å². The van der Waals surface area contributed by atoms with Crippen molar-refractivity contribution >= 4 is 23.9 Å². The second kappa shape index (κ2) is 12.6. The lowest BCUT2D eigenvalue weighted by Gasteiger charge is -2.21. The Labute approximate surface area is 169 Å². The van der Waals surface area contributed by atoms with E-state index < -0.39 is 11.9 Å². The molecule has 0 aliphatic carbocycles. The average molecular weight is 411 g/mol. The van der Waals surface area contributed by atoms with E-state index in [1.165, 1.54) is 0 Å². The number of carboxylic acids is 2. The van der Waals surface area contributed by atoms with Crippen LogP contribution in [0.4, 0.5) is 4.79 Å². The summed E-state index contributed by atoms with van der Waals surface area (Å²) in [4.78, 5) is 47.8. The topological polar surface area (TPSA) is 154 Å². The number of unbranched alkanes of at least 4 members (excludes halogenated alkanes) is 1. The minimum atomic E-state index is -1.82. The molecular formula is C18H29N5O6.